The van der Waals surface area contributed by atoms with Crippen LogP contribution in [0, 0.1) is 5.92 Å². The highest BCUT2D eigenvalue weighted by molar-refractivity contribution is 9.10. The molecule has 1 aromatic heterocycles. The maximum absolute atomic E-state index is 4.29. The summed E-state index contributed by atoms with van der Waals surface area (Å²) < 4.78 is 1.06. The summed E-state index contributed by atoms with van der Waals surface area (Å²) in [5.41, 5.74) is 4.35. The van der Waals surface area contributed by atoms with Gasteiger partial charge in [-0.15, -0.1) is 0 Å². The molecule has 3 rings (SSSR count). The second-order valence-corrected chi connectivity index (χ2v) is 6.73. The van der Waals surface area contributed by atoms with E-state index in [1.54, 1.807) is 0 Å². The highest BCUT2D eigenvalue weighted by Crippen LogP contribution is 2.30. The lowest BCUT2D eigenvalue weighted by Gasteiger charge is -2.24. The first-order valence-electron chi connectivity index (χ1n) is 7.66. The predicted molar refractivity (Wildman–Crippen MR) is 90.4 cm³/mol. The Kier molecular flexibility index (Phi) is 4.71. The van der Waals surface area contributed by atoms with Gasteiger partial charge in [0.1, 0.15) is 0 Å². The monoisotopic (exact) mass is 344 g/mol. The van der Waals surface area contributed by atoms with Gasteiger partial charge in [0.05, 0.1) is 0 Å². The minimum atomic E-state index is 0.513. The molecule has 1 unspecified atom stereocenters. The molecule has 1 atom stereocenters. The summed E-state index contributed by atoms with van der Waals surface area (Å²) >= 11 is 3.51. The number of rotatable bonds is 5. The Morgan fingerprint density at radius 3 is 2.57 bits per heavy atom. The number of nitrogens with zero attached hydrogens (tertiary/aromatic N) is 1. The molecule has 0 saturated carbocycles. The fourth-order valence-electron chi connectivity index (χ4n) is 3.37. The maximum atomic E-state index is 4.29. The molecule has 0 aliphatic heterocycles. The summed E-state index contributed by atoms with van der Waals surface area (Å²) in [6.45, 7) is 3.20. The van der Waals surface area contributed by atoms with Crippen LogP contribution in [0.2, 0.25) is 0 Å². The fraction of sp³-hybridized carbons (Fsp3) is 0.389. The summed E-state index contributed by atoms with van der Waals surface area (Å²) in [5.74, 6) is 0.682. The summed E-state index contributed by atoms with van der Waals surface area (Å²) in [4.78, 5) is 4.29. The van der Waals surface area contributed by atoms with Crippen LogP contribution in [0.4, 0.5) is 0 Å². The molecule has 0 fully saturated rings. The van der Waals surface area contributed by atoms with Gasteiger partial charge in [0.25, 0.3) is 0 Å². The summed E-state index contributed by atoms with van der Waals surface area (Å²) in [5, 5.41) is 3.68. The molecule has 3 heteroatoms. The molecule has 0 spiro atoms. The molecule has 0 bridgehead atoms. The highest BCUT2D eigenvalue weighted by Gasteiger charge is 2.28. The van der Waals surface area contributed by atoms with Gasteiger partial charge in [0.2, 0.25) is 0 Å². The van der Waals surface area contributed by atoms with E-state index in [-0.39, 0.29) is 0 Å². The van der Waals surface area contributed by atoms with Crippen LogP contribution in [-0.2, 0) is 19.3 Å². The molecule has 1 N–H and O–H groups in total. The van der Waals surface area contributed by atoms with E-state index in [1.807, 2.05) is 12.4 Å². The first-order valence-corrected chi connectivity index (χ1v) is 8.45. The zero-order valence-electron chi connectivity index (χ0n) is 12.3. The minimum absolute atomic E-state index is 0.513. The zero-order chi connectivity index (χ0) is 14.7. The van der Waals surface area contributed by atoms with Crippen molar-refractivity contribution in [1.82, 2.24) is 10.3 Å². The van der Waals surface area contributed by atoms with Crippen molar-refractivity contribution in [2.24, 2.45) is 5.92 Å². The largest absolute Gasteiger partial charge is 0.314 e. The molecule has 1 aliphatic carbocycles. The van der Waals surface area contributed by atoms with E-state index in [2.05, 4.69) is 63.5 Å². The molecule has 21 heavy (non-hydrogen) atoms. The first-order chi connectivity index (χ1) is 10.3. The maximum Gasteiger partial charge on any atom is 0.0410 e. The number of aromatic nitrogens is 1. The Balaban J connectivity index is 1.74. The smallest absolute Gasteiger partial charge is 0.0410 e. The van der Waals surface area contributed by atoms with Crippen LogP contribution in [0.1, 0.15) is 23.6 Å². The van der Waals surface area contributed by atoms with Crippen LogP contribution in [0.25, 0.3) is 0 Å². The number of nitrogens with one attached hydrogen (secondary N) is 1. The predicted octanol–water partition coefficient (Wildman–Crippen LogP) is 3.78. The molecule has 110 valence electrons. The van der Waals surface area contributed by atoms with Crippen LogP contribution >= 0.6 is 15.9 Å². The lowest BCUT2D eigenvalue weighted by molar-refractivity contribution is 0.367. The third kappa shape index (κ3) is 3.53. The average Bonchev–Trinajstić information content (AvgIpc) is 2.91. The van der Waals surface area contributed by atoms with Crippen molar-refractivity contribution in [3.05, 3.63) is 63.9 Å². The van der Waals surface area contributed by atoms with Crippen LogP contribution < -0.4 is 5.32 Å². The van der Waals surface area contributed by atoms with Crippen molar-refractivity contribution in [3.63, 3.8) is 0 Å². The number of hydrogen-bond acceptors (Lipinski definition) is 2. The van der Waals surface area contributed by atoms with Gasteiger partial charge in [-0.1, -0.05) is 31.2 Å². The standard InChI is InChI=1S/C18H21BrN2/c1-2-21-18(8-13-7-17(19)12-20-11-13)16-9-14-5-3-4-6-15(14)10-16/h3-7,11-12,16,18,21H,2,8-10H2,1H3. The molecule has 0 amide bonds. The topological polar surface area (TPSA) is 24.9 Å². The van der Waals surface area contributed by atoms with E-state index < -0.39 is 0 Å². The summed E-state index contributed by atoms with van der Waals surface area (Å²) in [6, 6.07) is 11.6. The second-order valence-electron chi connectivity index (χ2n) is 5.82. The number of likely N-dealkylation sites (N-methyl/N-ethyl adjacent to an activating group) is 1. The highest BCUT2D eigenvalue weighted by atomic mass is 79.9. The molecular formula is C18H21BrN2. The molecule has 2 aromatic rings. The third-order valence-corrected chi connectivity index (χ3v) is 4.77. The molecule has 0 saturated heterocycles. The van der Waals surface area contributed by atoms with Gasteiger partial charge in [-0.05, 0) is 70.4 Å². The second kappa shape index (κ2) is 6.71. The van der Waals surface area contributed by atoms with Gasteiger partial charge in [-0.25, -0.2) is 0 Å². The Labute approximate surface area is 135 Å². The van der Waals surface area contributed by atoms with Crippen LogP contribution in [0.15, 0.2) is 47.2 Å². The lowest BCUT2D eigenvalue weighted by atomic mass is 9.91. The van der Waals surface area contributed by atoms with Crippen molar-refractivity contribution < 1.29 is 0 Å². The number of halogens is 1. The summed E-state index contributed by atoms with van der Waals surface area (Å²) in [6.07, 6.45) is 7.25. The van der Waals surface area contributed by atoms with Gasteiger partial charge in [0.15, 0.2) is 0 Å². The molecule has 1 aromatic carbocycles. The van der Waals surface area contributed by atoms with E-state index in [0.29, 0.717) is 12.0 Å². The SMILES string of the molecule is CCNC(Cc1cncc(Br)c1)C1Cc2ccccc2C1. The number of hydrogen-bond donors (Lipinski definition) is 1. The number of pyridine rings is 1. The van der Waals surface area contributed by atoms with Crippen molar-refractivity contribution >= 4 is 15.9 Å². The molecule has 1 heterocycles. The lowest BCUT2D eigenvalue weighted by Crippen LogP contribution is -2.38. The first kappa shape index (κ1) is 14.7. The minimum Gasteiger partial charge on any atom is -0.314 e. The van der Waals surface area contributed by atoms with Crippen molar-refractivity contribution in [2.45, 2.75) is 32.2 Å². The summed E-state index contributed by atoms with van der Waals surface area (Å²) in [7, 11) is 0. The van der Waals surface area contributed by atoms with Crippen LogP contribution in [-0.4, -0.2) is 17.6 Å². The van der Waals surface area contributed by atoms with E-state index in [1.165, 1.54) is 29.5 Å². The van der Waals surface area contributed by atoms with Crippen molar-refractivity contribution in [1.29, 1.82) is 0 Å². The molecule has 1 aliphatic rings. The van der Waals surface area contributed by atoms with Gasteiger partial charge >= 0.3 is 0 Å². The molecular weight excluding hydrogens is 324 g/mol. The fourth-order valence-corrected chi connectivity index (χ4v) is 3.78. The Hall–Kier alpha value is -1.19. The Bertz CT molecular complexity index is 587. The van der Waals surface area contributed by atoms with Gasteiger partial charge in [-0.2, -0.15) is 0 Å². The van der Waals surface area contributed by atoms with E-state index in [0.717, 1.165) is 17.4 Å². The average molecular weight is 345 g/mol. The van der Waals surface area contributed by atoms with Gasteiger partial charge < -0.3 is 5.32 Å². The third-order valence-electron chi connectivity index (χ3n) is 4.34. The zero-order valence-corrected chi connectivity index (χ0v) is 13.9. The number of fused-ring (bicyclic) bond motifs is 1. The Morgan fingerprint density at radius 1 is 1.24 bits per heavy atom. The number of benzene rings is 1. The Morgan fingerprint density at radius 2 is 1.95 bits per heavy atom. The van der Waals surface area contributed by atoms with Gasteiger partial charge in [-0.3, -0.25) is 4.98 Å². The van der Waals surface area contributed by atoms with Crippen LogP contribution in [0.5, 0.6) is 0 Å². The van der Waals surface area contributed by atoms with E-state index >= 15 is 0 Å². The van der Waals surface area contributed by atoms with Gasteiger partial charge in [0, 0.05) is 22.9 Å². The van der Waals surface area contributed by atoms with Crippen molar-refractivity contribution in [2.75, 3.05) is 6.54 Å². The van der Waals surface area contributed by atoms with E-state index in [4.69, 9.17) is 0 Å². The van der Waals surface area contributed by atoms with E-state index in [9.17, 15) is 0 Å². The van der Waals surface area contributed by atoms with Crippen LogP contribution in [0.3, 0.4) is 0 Å². The van der Waals surface area contributed by atoms with Crippen molar-refractivity contribution in [3.8, 4) is 0 Å². The normalized spacial score (nSPS) is 15.9. The molecule has 0 radical (unpaired) electrons. The molecule has 2 nitrogen and oxygen atoms in total. The quantitative estimate of drug-likeness (QED) is 0.892.